The number of hydrogen-bond donors (Lipinski definition) is 1. The van der Waals surface area contributed by atoms with E-state index in [0.29, 0.717) is 38.3 Å². The number of benzene rings is 1. The molecule has 3 heterocycles. The Labute approximate surface area is 168 Å². The quantitative estimate of drug-likeness (QED) is 0.836. The number of H-pyrrole nitrogens is 1. The van der Waals surface area contributed by atoms with E-state index in [1.807, 2.05) is 23.1 Å². The van der Waals surface area contributed by atoms with E-state index in [1.54, 1.807) is 4.90 Å². The molecule has 1 aliphatic carbocycles. The van der Waals surface area contributed by atoms with Crippen LogP contribution in [-0.2, 0) is 10.2 Å². The van der Waals surface area contributed by atoms with Gasteiger partial charge in [0.2, 0.25) is 11.5 Å². The molecular formula is C22H23N3O4. The van der Waals surface area contributed by atoms with Crippen LogP contribution in [0.2, 0.25) is 0 Å². The fourth-order valence-electron chi connectivity index (χ4n) is 4.76. The Morgan fingerprint density at radius 3 is 2.55 bits per heavy atom. The van der Waals surface area contributed by atoms with Crippen LogP contribution in [0.1, 0.15) is 28.8 Å². The highest BCUT2D eigenvalue weighted by Crippen LogP contribution is 2.61. The number of pyridine rings is 1. The van der Waals surface area contributed by atoms with Crippen LogP contribution in [0.15, 0.2) is 47.4 Å². The number of carbonyl (C=O) groups excluding carboxylic acids is 2. The summed E-state index contributed by atoms with van der Waals surface area (Å²) < 4.78 is 5.77. The molecule has 2 aromatic rings. The van der Waals surface area contributed by atoms with Crippen LogP contribution in [-0.4, -0.2) is 59.4 Å². The van der Waals surface area contributed by atoms with Gasteiger partial charge in [-0.05, 0) is 25.0 Å². The number of nitrogens with zero attached hydrogens (tertiary/aromatic N) is 2. The van der Waals surface area contributed by atoms with Crippen molar-refractivity contribution in [1.82, 2.24) is 14.8 Å². The predicted octanol–water partition coefficient (Wildman–Crippen LogP) is 1.40. The van der Waals surface area contributed by atoms with Crippen molar-refractivity contribution < 1.29 is 14.3 Å². The van der Waals surface area contributed by atoms with E-state index < -0.39 is 0 Å². The van der Waals surface area contributed by atoms with Gasteiger partial charge in [0, 0.05) is 55.3 Å². The van der Waals surface area contributed by atoms with Crippen LogP contribution in [0.25, 0.3) is 0 Å². The molecule has 1 aromatic heterocycles. The number of ether oxygens (including phenoxy) is 1. The van der Waals surface area contributed by atoms with Gasteiger partial charge in [0.05, 0.1) is 12.2 Å². The molecule has 2 aliphatic heterocycles. The number of fused-ring (bicyclic) bond motifs is 2. The summed E-state index contributed by atoms with van der Waals surface area (Å²) in [7, 11) is 0. The molecule has 29 heavy (non-hydrogen) atoms. The van der Waals surface area contributed by atoms with Crippen molar-refractivity contribution in [1.29, 1.82) is 0 Å². The molecule has 3 aliphatic rings. The van der Waals surface area contributed by atoms with Gasteiger partial charge < -0.3 is 19.5 Å². The second-order valence-electron chi connectivity index (χ2n) is 8.07. The maximum atomic E-state index is 13.2. The number of amides is 2. The van der Waals surface area contributed by atoms with E-state index in [2.05, 4.69) is 11.1 Å². The average Bonchev–Trinajstić information content (AvgIpc) is 3.48. The van der Waals surface area contributed by atoms with Gasteiger partial charge in [0.15, 0.2) is 0 Å². The Bertz CT molecular complexity index is 1000. The second-order valence-corrected chi connectivity index (χ2v) is 8.07. The lowest BCUT2D eigenvalue weighted by Gasteiger charge is -2.35. The van der Waals surface area contributed by atoms with Gasteiger partial charge in [-0.1, -0.05) is 18.2 Å². The summed E-state index contributed by atoms with van der Waals surface area (Å²) in [4.78, 5) is 43.1. The van der Waals surface area contributed by atoms with Crippen LogP contribution < -0.4 is 10.3 Å². The molecule has 2 atom stereocenters. The number of carbonyl (C=O) groups is 2. The van der Waals surface area contributed by atoms with Crippen molar-refractivity contribution in [2.24, 2.45) is 5.92 Å². The zero-order valence-electron chi connectivity index (χ0n) is 16.1. The lowest BCUT2D eigenvalue weighted by molar-refractivity contribution is -0.134. The molecule has 7 heteroatoms. The van der Waals surface area contributed by atoms with Gasteiger partial charge in [0.25, 0.3) is 5.91 Å². The Balaban J connectivity index is 1.23. The summed E-state index contributed by atoms with van der Waals surface area (Å²) in [6.45, 7) is 2.74. The van der Waals surface area contributed by atoms with Gasteiger partial charge >= 0.3 is 0 Å². The van der Waals surface area contributed by atoms with Gasteiger partial charge in [-0.2, -0.15) is 0 Å². The summed E-state index contributed by atoms with van der Waals surface area (Å²) in [6, 6.07) is 10.9. The largest absolute Gasteiger partial charge is 0.493 e. The molecule has 0 radical (unpaired) electrons. The smallest absolute Gasteiger partial charge is 0.255 e. The summed E-state index contributed by atoms with van der Waals surface area (Å²) >= 11 is 0. The third kappa shape index (κ3) is 3.01. The minimum atomic E-state index is -0.231. The number of hydrogen-bond acceptors (Lipinski definition) is 4. The van der Waals surface area contributed by atoms with E-state index in [1.165, 1.54) is 18.3 Å². The van der Waals surface area contributed by atoms with Crippen LogP contribution in [0.5, 0.6) is 5.75 Å². The van der Waals surface area contributed by atoms with Crippen LogP contribution in [0, 0.1) is 5.92 Å². The van der Waals surface area contributed by atoms with E-state index >= 15 is 0 Å². The van der Waals surface area contributed by atoms with E-state index in [4.69, 9.17) is 4.74 Å². The Hall–Kier alpha value is -3.09. The van der Waals surface area contributed by atoms with Crippen LogP contribution >= 0.6 is 0 Å². The molecule has 1 N–H and O–H groups in total. The molecule has 7 nitrogen and oxygen atoms in total. The molecule has 1 saturated carbocycles. The highest BCUT2D eigenvalue weighted by atomic mass is 16.5. The number of nitrogens with one attached hydrogen (secondary N) is 1. The number of aromatic nitrogens is 1. The Kier molecular flexibility index (Phi) is 4.19. The monoisotopic (exact) mass is 393 g/mol. The Morgan fingerprint density at radius 2 is 1.79 bits per heavy atom. The summed E-state index contributed by atoms with van der Waals surface area (Å²) in [5.74, 6) is 0.992. The molecule has 5 rings (SSSR count). The Morgan fingerprint density at radius 1 is 1.03 bits per heavy atom. The maximum Gasteiger partial charge on any atom is 0.255 e. The summed E-state index contributed by atoms with van der Waals surface area (Å²) in [6.07, 6.45) is 3.20. The SMILES string of the molecule is O=C(c1ccc(=O)[nH]c1)N1CCN(C(=O)C2CC23CCOc2ccccc23)CC1. The lowest BCUT2D eigenvalue weighted by atomic mass is 9.87. The third-order valence-corrected chi connectivity index (χ3v) is 6.51. The van der Waals surface area contributed by atoms with Gasteiger partial charge in [-0.25, -0.2) is 0 Å². The topological polar surface area (TPSA) is 82.7 Å². The second kappa shape index (κ2) is 6.76. The highest BCUT2D eigenvalue weighted by Gasteiger charge is 2.61. The molecule has 1 spiro atoms. The normalized spacial score (nSPS) is 25.3. The molecule has 2 fully saturated rings. The minimum absolute atomic E-state index is 0.00833. The van der Waals surface area contributed by atoms with E-state index in [-0.39, 0.29) is 28.7 Å². The van der Waals surface area contributed by atoms with Crippen molar-refractivity contribution in [3.05, 3.63) is 64.1 Å². The predicted molar refractivity (Wildman–Crippen MR) is 106 cm³/mol. The molecule has 2 unspecified atom stereocenters. The van der Waals surface area contributed by atoms with Crippen molar-refractivity contribution in [2.75, 3.05) is 32.8 Å². The summed E-state index contributed by atoms with van der Waals surface area (Å²) in [5, 5.41) is 0. The zero-order chi connectivity index (χ0) is 20.0. The number of rotatable bonds is 2. The fourth-order valence-corrected chi connectivity index (χ4v) is 4.76. The van der Waals surface area contributed by atoms with Crippen molar-refractivity contribution >= 4 is 11.8 Å². The maximum absolute atomic E-state index is 13.2. The zero-order valence-corrected chi connectivity index (χ0v) is 16.1. The van der Waals surface area contributed by atoms with Crippen molar-refractivity contribution in [3.63, 3.8) is 0 Å². The van der Waals surface area contributed by atoms with Crippen LogP contribution in [0.3, 0.4) is 0 Å². The molecule has 2 amide bonds. The van der Waals surface area contributed by atoms with Crippen molar-refractivity contribution in [2.45, 2.75) is 18.3 Å². The number of para-hydroxylation sites is 1. The molecule has 150 valence electrons. The lowest BCUT2D eigenvalue weighted by Crippen LogP contribution is -2.51. The van der Waals surface area contributed by atoms with Crippen molar-refractivity contribution in [3.8, 4) is 5.75 Å². The van der Waals surface area contributed by atoms with E-state index in [9.17, 15) is 14.4 Å². The van der Waals surface area contributed by atoms with Gasteiger partial charge in [-0.3, -0.25) is 14.4 Å². The molecule has 1 aromatic carbocycles. The number of piperazine rings is 1. The molecule has 1 saturated heterocycles. The average molecular weight is 393 g/mol. The summed E-state index contributed by atoms with van der Waals surface area (Å²) in [5.41, 5.74) is 1.32. The van der Waals surface area contributed by atoms with E-state index in [0.717, 1.165) is 24.2 Å². The third-order valence-electron chi connectivity index (χ3n) is 6.51. The first-order valence-electron chi connectivity index (χ1n) is 10.1. The van der Waals surface area contributed by atoms with Crippen LogP contribution in [0.4, 0.5) is 0 Å². The standard InChI is InChI=1S/C22H23N3O4/c26-19-6-5-15(14-23-19)20(27)24-8-10-25(11-9-24)21(28)17-13-22(17)7-12-29-18-4-2-1-3-16(18)22/h1-6,14,17H,7-13H2,(H,23,26). The van der Waals surface area contributed by atoms with Gasteiger partial charge in [-0.15, -0.1) is 0 Å². The fraction of sp³-hybridized carbons (Fsp3) is 0.409. The molecular weight excluding hydrogens is 370 g/mol. The number of aromatic amines is 1. The minimum Gasteiger partial charge on any atom is -0.493 e. The first-order chi connectivity index (χ1) is 14.1. The first-order valence-corrected chi connectivity index (χ1v) is 10.1. The molecule has 0 bridgehead atoms. The first kappa shape index (κ1) is 18.0. The highest BCUT2D eigenvalue weighted by molar-refractivity contribution is 5.94. The van der Waals surface area contributed by atoms with Gasteiger partial charge in [0.1, 0.15) is 5.75 Å².